The summed E-state index contributed by atoms with van der Waals surface area (Å²) in [5.41, 5.74) is 2.36. The lowest BCUT2D eigenvalue weighted by Gasteiger charge is -2.35. The highest BCUT2D eigenvalue weighted by atomic mass is 19.3. The van der Waals surface area contributed by atoms with Gasteiger partial charge in [-0.15, -0.1) is 0 Å². The Labute approximate surface area is 169 Å². The van der Waals surface area contributed by atoms with Crippen molar-refractivity contribution in [2.45, 2.75) is 57.5 Å². The Morgan fingerprint density at radius 3 is 2.69 bits per heavy atom. The minimum atomic E-state index is -3.01. The molecule has 2 aliphatic rings. The van der Waals surface area contributed by atoms with Crippen molar-refractivity contribution in [1.29, 1.82) is 5.41 Å². The van der Waals surface area contributed by atoms with Gasteiger partial charge in [0.05, 0.1) is 12.8 Å². The first kappa shape index (κ1) is 21.1. The van der Waals surface area contributed by atoms with Crippen LogP contribution in [0.5, 0.6) is 5.75 Å². The van der Waals surface area contributed by atoms with Crippen molar-refractivity contribution in [3.63, 3.8) is 0 Å². The lowest BCUT2D eigenvalue weighted by Crippen LogP contribution is -2.42. The Morgan fingerprint density at radius 2 is 2.10 bits per heavy atom. The molecule has 0 bridgehead atoms. The number of fused-ring (bicyclic) bond motifs is 1. The maximum Gasteiger partial charge on any atom is 0.414 e. The van der Waals surface area contributed by atoms with Crippen LogP contribution in [0.1, 0.15) is 44.2 Å². The van der Waals surface area contributed by atoms with Crippen LogP contribution in [0.15, 0.2) is 18.3 Å². The van der Waals surface area contributed by atoms with Gasteiger partial charge in [-0.3, -0.25) is 4.90 Å². The van der Waals surface area contributed by atoms with Crippen LogP contribution in [0.4, 0.5) is 19.3 Å². The number of anilines is 1. The van der Waals surface area contributed by atoms with Crippen LogP contribution < -0.4 is 15.0 Å². The van der Waals surface area contributed by atoms with Gasteiger partial charge in [0.1, 0.15) is 5.75 Å². The SMILES string of the molecule is COC(=O)N1c2ccc(/C(C=N)=C/NC3CC3)c(OCC(C)(F)F)c2CC[C@@H]1C. The monoisotopic (exact) mass is 407 g/mol. The highest BCUT2D eigenvalue weighted by molar-refractivity contribution is 6.10. The maximum absolute atomic E-state index is 13.6. The number of halogens is 2. The summed E-state index contributed by atoms with van der Waals surface area (Å²) >= 11 is 0. The molecule has 0 aromatic heterocycles. The topological polar surface area (TPSA) is 74.7 Å². The van der Waals surface area contributed by atoms with Crippen LogP contribution in [-0.2, 0) is 11.2 Å². The van der Waals surface area contributed by atoms with E-state index in [1.807, 2.05) is 6.92 Å². The van der Waals surface area contributed by atoms with Crippen LogP contribution in [-0.4, -0.2) is 44.0 Å². The molecule has 0 spiro atoms. The number of amides is 1. The first-order chi connectivity index (χ1) is 13.7. The average molecular weight is 407 g/mol. The van der Waals surface area contributed by atoms with Crippen molar-refractivity contribution in [2.24, 2.45) is 0 Å². The predicted molar refractivity (Wildman–Crippen MR) is 108 cm³/mol. The number of allylic oxidation sites excluding steroid dienone is 1. The van der Waals surface area contributed by atoms with E-state index in [4.69, 9.17) is 14.9 Å². The third kappa shape index (κ3) is 4.86. The summed E-state index contributed by atoms with van der Waals surface area (Å²) in [4.78, 5) is 13.8. The summed E-state index contributed by atoms with van der Waals surface area (Å²) < 4.78 is 37.6. The molecular formula is C21H27F2N3O3. The zero-order valence-electron chi connectivity index (χ0n) is 16.9. The van der Waals surface area contributed by atoms with Gasteiger partial charge in [0, 0.05) is 48.1 Å². The van der Waals surface area contributed by atoms with E-state index >= 15 is 0 Å². The van der Waals surface area contributed by atoms with Crippen LogP contribution >= 0.6 is 0 Å². The second-order valence-corrected chi connectivity index (χ2v) is 7.71. The van der Waals surface area contributed by atoms with Crippen molar-refractivity contribution >= 4 is 23.6 Å². The zero-order valence-corrected chi connectivity index (χ0v) is 16.9. The average Bonchev–Trinajstić information content (AvgIpc) is 3.50. The Bertz CT molecular complexity index is 816. The molecular weight excluding hydrogens is 380 g/mol. The van der Waals surface area contributed by atoms with E-state index in [2.05, 4.69) is 5.32 Å². The van der Waals surface area contributed by atoms with Crippen LogP contribution in [0, 0.1) is 5.41 Å². The van der Waals surface area contributed by atoms with E-state index in [-0.39, 0.29) is 11.8 Å². The van der Waals surface area contributed by atoms with Crippen molar-refractivity contribution in [3.05, 3.63) is 29.5 Å². The summed E-state index contributed by atoms with van der Waals surface area (Å²) in [7, 11) is 1.31. The van der Waals surface area contributed by atoms with Crippen LogP contribution in [0.25, 0.3) is 5.57 Å². The first-order valence-corrected chi connectivity index (χ1v) is 9.76. The molecule has 2 N–H and O–H groups in total. The van der Waals surface area contributed by atoms with Crippen molar-refractivity contribution < 1.29 is 23.0 Å². The predicted octanol–water partition coefficient (Wildman–Crippen LogP) is 4.37. The number of rotatable bonds is 7. The molecule has 0 unspecified atom stereocenters. The fraction of sp³-hybridized carbons (Fsp3) is 0.524. The molecule has 158 valence electrons. The van der Waals surface area contributed by atoms with Crippen molar-refractivity contribution in [2.75, 3.05) is 18.6 Å². The molecule has 1 aromatic rings. The molecule has 1 fully saturated rings. The smallest absolute Gasteiger partial charge is 0.414 e. The van der Waals surface area contributed by atoms with Crippen LogP contribution in [0.2, 0.25) is 0 Å². The van der Waals surface area contributed by atoms with Gasteiger partial charge in [-0.05, 0) is 44.7 Å². The number of hydrogen-bond acceptors (Lipinski definition) is 5. The van der Waals surface area contributed by atoms with Gasteiger partial charge in [0.2, 0.25) is 0 Å². The highest BCUT2D eigenvalue weighted by Gasteiger charge is 2.33. The fourth-order valence-corrected chi connectivity index (χ4v) is 3.43. The fourth-order valence-electron chi connectivity index (χ4n) is 3.43. The number of nitrogens with zero attached hydrogens (tertiary/aromatic N) is 1. The van der Waals surface area contributed by atoms with Gasteiger partial charge >= 0.3 is 6.09 Å². The van der Waals surface area contributed by atoms with E-state index in [1.54, 1.807) is 18.3 Å². The standard InChI is InChI=1S/C21H27F2N3O3/c1-13-4-7-17-18(26(13)20(27)28-3)9-8-16(19(17)29-12-21(2,22)23)14(10-24)11-25-15-5-6-15/h8-11,13,15,24-25H,4-7,12H2,1-3H3/b14-11+,24-10?/t13-/m0/s1. The number of hydrogen-bond donors (Lipinski definition) is 2. The van der Waals surface area contributed by atoms with Gasteiger partial charge in [0.25, 0.3) is 5.92 Å². The quantitative estimate of drug-likeness (QED) is 0.658. The summed E-state index contributed by atoms with van der Waals surface area (Å²) in [6, 6.07) is 3.78. The number of methoxy groups -OCH3 is 1. The van der Waals surface area contributed by atoms with E-state index in [0.717, 1.165) is 19.8 Å². The number of ether oxygens (including phenoxy) is 2. The van der Waals surface area contributed by atoms with E-state index in [9.17, 15) is 13.6 Å². The molecule has 0 radical (unpaired) electrons. The number of nitrogens with one attached hydrogen (secondary N) is 2. The van der Waals surface area contributed by atoms with Crippen molar-refractivity contribution in [3.8, 4) is 5.75 Å². The Balaban J connectivity index is 2.07. The molecule has 1 saturated carbocycles. The minimum absolute atomic E-state index is 0.0875. The Morgan fingerprint density at radius 1 is 1.38 bits per heavy atom. The molecule has 1 heterocycles. The van der Waals surface area contributed by atoms with Crippen molar-refractivity contribution in [1.82, 2.24) is 5.32 Å². The number of carbonyl (C=O) groups excluding carboxylic acids is 1. The van der Waals surface area contributed by atoms with E-state index < -0.39 is 18.6 Å². The third-order valence-electron chi connectivity index (χ3n) is 5.11. The molecule has 29 heavy (non-hydrogen) atoms. The zero-order chi connectivity index (χ0) is 21.2. The van der Waals surface area contributed by atoms with Gasteiger partial charge in [0.15, 0.2) is 6.61 Å². The normalized spacial score (nSPS) is 19.4. The minimum Gasteiger partial charge on any atom is -0.486 e. The second-order valence-electron chi connectivity index (χ2n) is 7.71. The van der Waals surface area contributed by atoms with Crippen LogP contribution in [0.3, 0.4) is 0 Å². The summed E-state index contributed by atoms with van der Waals surface area (Å²) in [6.07, 6.45) is 5.77. The van der Waals surface area contributed by atoms with Gasteiger partial charge in [-0.1, -0.05) is 0 Å². The Hall–Kier alpha value is -2.64. The van der Waals surface area contributed by atoms with Gasteiger partial charge in [-0.2, -0.15) is 0 Å². The van der Waals surface area contributed by atoms with Gasteiger partial charge < -0.3 is 20.2 Å². The molecule has 1 atom stereocenters. The Kier molecular flexibility index (Phi) is 6.10. The molecule has 6 nitrogen and oxygen atoms in total. The number of alkyl halides is 2. The van der Waals surface area contributed by atoms with E-state index in [0.29, 0.717) is 41.3 Å². The third-order valence-corrected chi connectivity index (χ3v) is 5.11. The lowest BCUT2D eigenvalue weighted by atomic mass is 9.92. The molecule has 1 aromatic carbocycles. The molecule has 1 amide bonds. The first-order valence-electron chi connectivity index (χ1n) is 9.76. The summed E-state index contributed by atoms with van der Waals surface area (Å²) in [5, 5.41) is 11.0. The second kappa shape index (κ2) is 8.39. The highest BCUT2D eigenvalue weighted by Crippen LogP contribution is 2.41. The summed E-state index contributed by atoms with van der Waals surface area (Å²) in [5.74, 6) is -2.72. The molecule has 8 heteroatoms. The lowest BCUT2D eigenvalue weighted by molar-refractivity contribution is -0.0232. The molecule has 0 saturated heterocycles. The van der Waals surface area contributed by atoms with Gasteiger partial charge in [-0.25, -0.2) is 13.6 Å². The number of benzene rings is 1. The van der Waals surface area contributed by atoms with E-state index in [1.165, 1.54) is 18.2 Å². The maximum atomic E-state index is 13.6. The number of carbonyl (C=O) groups is 1. The molecule has 3 rings (SSSR count). The summed E-state index contributed by atoms with van der Waals surface area (Å²) in [6.45, 7) is 1.93. The molecule has 1 aliphatic heterocycles. The molecule has 1 aliphatic carbocycles. The largest absolute Gasteiger partial charge is 0.486 e.